The van der Waals surface area contributed by atoms with Gasteiger partial charge in [-0.05, 0) is 33.6 Å². The van der Waals surface area contributed by atoms with Gasteiger partial charge in [-0.15, -0.1) is 0 Å². The Morgan fingerprint density at radius 2 is 2.25 bits per heavy atom. The molecule has 0 aliphatic carbocycles. The summed E-state index contributed by atoms with van der Waals surface area (Å²) in [5.41, 5.74) is -0.318. The highest BCUT2D eigenvalue weighted by Gasteiger charge is 2.29. The van der Waals surface area contributed by atoms with Crippen LogP contribution >= 0.6 is 0 Å². The van der Waals surface area contributed by atoms with E-state index >= 15 is 0 Å². The minimum absolute atomic E-state index is 0.118. The first-order valence-electron chi connectivity index (χ1n) is 5.63. The molecule has 1 amide bonds. The summed E-state index contributed by atoms with van der Waals surface area (Å²) in [5, 5.41) is 11.8. The van der Waals surface area contributed by atoms with Crippen molar-refractivity contribution in [1.29, 1.82) is 0 Å². The van der Waals surface area contributed by atoms with Gasteiger partial charge in [0.15, 0.2) is 0 Å². The van der Waals surface area contributed by atoms with Crippen molar-refractivity contribution in [2.45, 2.75) is 51.4 Å². The van der Waals surface area contributed by atoms with Crippen LogP contribution in [0, 0.1) is 0 Å². The van der Waals surface area contributed by atoms with Crippen molar-refractivity contribution >= 4 is 6.09 Å². The highest BCUT2D eigenvalue weighted by molar-refractivity contribution is 5.68. The van der Waals surface area contributed by atoms with Crippen LogP contribution in [0.4, 0.5) is 4.79 Å². The van der Waals surface area contributed by atoms with E-state index in [1.165, 1.54) is 0 Å². The second kappa shape index (κ2) is 5.50. The van der Waals surface area contributed by atoms with Gasteiger partial charge in [0.25, 0.3) is 0 Å². The van der Waals surface area contributed by atoms with Crippen LogP contribution in [-0.2, 0) is 9.47 Å². The molecule has 1 fully saturated rings. The molecule has 1 rings (SSSR count). The van der Waals surface area contributed by atoms with E-state index in [-0.39, 0.29) is 24.4 Å². The van der Waals surface area contributed by atoms with Crippen LogP contribution < -0.4 is 5.32 Å². The molecule has 0 aromatic carbocycles. The molecule has 0 bridgehead atoms. The topological polar surface area (TPSA) is 67.8 Å². The standard InChI is InChI=1S/C11H21NO4/c1-11(2,3)12-10(14)16-8-5-4-6-15-9(8)7-13/h8-9,13H,4-7H2,1-3H3,(H,12,14). The van der Waals surface area contributed by atoms with E-state index in [9.17, 15) is 4.79 Å². The molecule has 0 aromatic rings. The van der Waals surface area contributed by atoms with Crippen LogP contribution in [0.15, 0.2) is 0 Å². The number of aliphatic hydroxyl groups is 1. The van der Waals surface area contributed by atoms with Gasteiger partial charge in [0, 0.05) is 12.1 Å². The summed E-state index contributed by atoms with van der Waals surface area (Å²) in [7, 11) is 0. The zero-order valence-electron chi connectivity index (χ0n) is 10.2. The van der Waals surface area contributed by atoms with E-state index in [1.807, 2.05) is 20.8 Å². The van der Waals surface area contributed by atoms with E-state index in [1.54, 1.807) is 0 Å². The van der Waals surface area contributed by atoms with Gasteiger partial charge in [0.05, 0.1) is 6.61 Å². The van der Waals surface area contributed by atoms with Crippen molar-refractivity contribution < 1.29 is 19.4 Å². The van der Waals surface area contributed by atoms with Crippen molar-refractivity contribution in [2.24, 2.45) is 0 Å². The molecular formula is C11H21NO4. The van der Waals surface area contributed by atoms with Crippen molar-refractivity contribution in [2.75, 3.05) is 13.2 Å². The molecule has 2 unspecified atom stereocenters. The minimum Gasteiger partial charge on any atom is -0.443 e. The van der Waals surface area contributed by atoms with E-state index in [0.29, 0.717) is 6.61 Å². The molecule has 0 saturated carbocycles. The van der Waals surface area contributed by atoms with Crippen molar-refractivity contribution in [1.82, 2.24) is 5.32 Å². The zero-order chi connectivity index (χ0) is 12.2. The average molecular weight is 231 g/mol. The molecular weight excluding hydrogens is 210 g/mol. The number of amides is 1. The predicted molar refractivity (Wildman–Crippen MR) is 59.2 cm³/mol. The first-order chi connectivity index (χ1) is 7.42. The minimum atomic E-state index is -0.457. The molecule has 5 nitrogen and oxygen atoms in total. The second-order valence-corrected chi connectivity index (χ2v) is 5.05. The molecule has 1 aliphatic rings. The summed E-state index contributed by atoms with van der Waals surface area (Å²) in [6, 6.07) is 0. The maximum absolute atomic E-state index is 11.5. The first kappa shape index (κ1) is 13.3. The maximum atomic E-state index is 11.5. The smallest absolute Gasteiger partial charge is 0.407 e. The normalized spacial score (nSPS) is 26.2. The molecule has 1 heterocycles. The predicted octanol–water partition coefficient (Wildman–Crippen LogP) is 1.05. The fourth-order valence-electron chi connectivity index (χ4n) is 1.59. The number of rotatable bonds is 2. The summed E-state index contributed by atoms with van der Waals surface area (Å²) in [6.07, 6.45) is 0.397. The summed E-state index contributed by atoms with van der Waals surface area (Å²) in [5.74, 6) is 0. The molecule has 16 heavy (non-hydrogen) atoms. The molecule has 0 spiro atoms. The fraction of sp³-hybridized carbons (Fsp3) is 0.909. The van der Waals surface area contributed by atoms with Gasteiger partial charge in [-0.1, -0.05) is 0 Å². The lowest BCUT2D eigenvalue weighted by atomic mass is 10.1. The Morgan fingerprint density at radius 1 is 1.56 bits per heavy atom. The molecule has 0 radical (unpaired) electrons. The van der Waals surface area contributed by atoms with E-state index in [0.717, 1.165) is 12.8 Å². The van der Waals surface area contributed by atoms with Gasteiger partial charge >= 0.3 is 6.09 Å². The van der Waals surface area contributed by atoms with E-state index < -0.39 is 6.09 Å². The first-order valence-corrected chi connectivity index (χ1v) is 5.63. The van der Waals surface area contributed by atoms with Gasteiger partial charge < -0.3 is 19.9 Å². The van der Waals surface area contributed by atoms with Crippen LogP contribution in [0.2, 0.25) is 0 Å². The number of ether oxygens (including phenoxy) is 2. The summed E-state index contributed by atoms with van der Waals surface area (Å²) >= 11 is 0. The third kappa shape index (κ3) is 4.37. The summed E-state index contributed by atoms with van der Waals surface area (Å²) in [4.78, 5) is 11.5. The van der Waals surface area contributed by atoms with Crippen LogP contribution in [0.25, 0.3) is 0 Å². The second-order valence-electron chi connectivity index (χ2n) is 5.05. The largest absolute Gasteiger partial charge is 0.443 e. The Bertz CT molecular complexity index is 237. The molecule has 2 atom stereocenters. The van der Waals surface area contributed by atoms with Gasteiger partial charge in [-0.2, -0.15) is 0 Å². The third-order valence-electron chi connectivity index (χ3n) is 2.29. The van der Waals surface area contributed by atoms with Crippen LogP contribution in [0.3, 0.4) is 0 Å². The highest BCUT2D eigenvalue weighted by atomic mass is 16.6. The van der Waals surface area contributed by atoms with Crippen molar-refractivity contribution in [3.05, 3.63) is 0 Å². The lowest BCUT2D eigenvalue weighted by Crippen LogP contribution is -2.46. The Kier molecular flexibility index (Phi) is 4.56. The van der Waals surface area contributed by atoms with Crippen molar-refractivity contribution in [3.8, 4) is 0 Å². The average Bonchev–Trinajstić information content (AvgIpc) is 2.15. The Balaban J connectivity index is 2.42. The zero-order valence-corrected chi connectivity index (χ0v) is 10.2. The monoisotopic (exact) mass is 231 g/mol. The molecule has 94 valence electrons. The third-order valence-corrected chi connectivity index (χ3v) is 2.29. The van der Waals surface area contributed by atoms with Crippen molar-refractivity contribution in [3.63, 3.8) is 0 Å². The molecule has 5 heteroatoms. The number of carbonyl (C=O) groups is 1. The molecule has 2 N–H and O–H groups in total. The van der Waals surface area contributed by atoms with E-state index in [4.69, 9.17) is 14.6 Å². The fourth-order valence-corrected chi connectivity index (χ4v) is 1.59. The van der Waals surface area contributed by atoms with Gasteiger partial charge in [-0.3, -0.25) is 0 Å². The number of nitrogens with one attached hydrogen (secondary N) is 1. The Labute approximate surface area is 96.1 Å². The number of hydrogen-bond donors (Lipinski definition) is 2. The van der Waals surface area contributed by atoms with Gasteiger partial charge in [0.2, 0.25) is 0 Å². The Morgan fingerprint density at radius 3 is 2.81 bits per heavy atom. The molecule has 0 aromatic heterocycles. The quantitative estimate of drug-likeness (QED) is 0.745. The Hall–Kier alpha value is -0.810. The number of alkyl carbamates (subject to hydrolysis) is 1. The SMILES string of the molecule is CC(C)(C)NC(=O)OC1CCCOC1CO. The number of carbonyl (C=O) groups excluding carboxylic acids is 1. The number of hydrogen-bond acceptors (Lipinski definition) is 4. The summed E-state index contributed by atoms with van der Waals surface area (Å²) in [6.45, 7) is 6.15. The molecule has 1 saturated heterocycles. The van der Waals surface area contributed by atoms with Crippen LogP contribution in [0.5, 0.6) is 0 Å². The van der Waals surface area contributed by atoms with Crippen LogP contribution in [-0.4, -0.2) is 42.2 Å². The highest BCUT2D eigenvalue weighted by Crippen LogP contribution is 2.17. The maximum Gasteiger partial charge on any atom is 0.407 e. The molecule has 1 aliphatic heterocycles. The lowest BCUT2D eigenvalue weighted by molar-refractivity contribution is -0.0979. The van der Waals surface area contributed by atoms with Crippen LogP contribution in [0.1, 0.15) is 33.6 Å². The lowest BCUT2D eigenvalue weighted by Gasteiger charge is -2.31. The number of aliphatic hydroxyl groups excluding tert-OH is 1. The van der Waals surface area contributed by atoms with Gasteiger partial charge in [0.1, 0.15) is 12.2 Å². The summed E-state index contributed by atoms with van der Waals surface area (Å²) < 4.78 is 10.6. The van der Waals surface area contributed by atoms with Gasteiger partial charge in [-0.25, -0.2) is 4.79 Å². The van der Waals surface area contributed by atoms with E-state index in [2.05, 4.69) is 5.32 Å².